The summed E-state index contributed by atoms with van der Waals surface area (Å²) in [6, 6.07) is 9.55. The number of hydrogen-bond acceptors (Lipinski definition) is 4. The van der Waals surface area contributed by atoms with Gasteiger partial charge in [0.2, 0.25) is 0 Å². The second-order valence-corrected chi connectivity index (χ2v) is 4.68. The van der Waals surface area contributed by atoms with Crippen LogP contribution in [0.15, 0.2) is 42.7 Å². The van der Waals surface area contributed by atoms with Gasteiger partial charge in [-0.15, -0.1) is 0 Å². The van der Waals surface area contributed by atoms with Crippen LogP contribution in [0.3, 0.4) is 0 Å². The van der Waals surface area contributed by atoms with Crippen molar-refractivity contribution in [3.8, 4) is 0 Å². The lowest BCUT2D eigenvalue weighted by Gasteiger charge is -2.09. The quantitative estimate of drug-likeness (QED) is 0.705. The minimum Gasteiger partial charge on any atom is -0.399 e. The maximum absolute atomic E-state index is 13.7. The molecule has 3 N–H and O–H groups in total. The molecule has 100 valence electrons. The van der Waals surface area contributed by atoms with Crippen molar-refractivity contribution in [3.05, 3.63) is 53.6 Å². The van der Waals surface area contributed by atoms with Crippen LogP contribution in [0.4, 0.5) is 21.6 Å². The Balaban J connectivity index is 2.09. The molecule has 0 atom stereocenters. The SMILES string of the molecule is Nc1ccc2c(Nc3cc(Cl)ccc3F)ncnc2c1. The summed E-state index contributed by atoms with van der Waals surface area (Å²) in [5.41, 5.74) is 7.26. The number of nitrogens with zero attached hydrogens (tertiary/aromatic N) is 2. The van der Waals surface area contributed by atoms with E-state index < -0.39 is 5.82 Å². The van der Waals surface area contributed by atoms with E-state index in [1.165, 1.54) is 24.5 Å². The van der Waals surface area contributed by atoms with Crippen LogP contribution >= 0.6 is 11.6 Å². The smallest absolute Gasteiger partial charge is 0.146 e. The molecule has 0 spiro atoms. The van der Waals surface area contributed by atoms with Crippen molar-refractivity contribution in [2.45, 2.75) is 0 Å². The van der Waals surface area contributed by atoms with Gasteiger partial charge < -0.3 is 11.1 Å². The predicted octanol–water partition coefficient (Wildman–Crippen LogP) is 3.75. The van der Waals surface area contributed by atoms with Crippen molar-refractivity contribution in [1.82, 2.24) is 9.97 Å². The van der Waals surface area contributed by atoms with Gasteiger partial charge in [0, 0.05) is 16.1 Å². The highest BCUT2D eigenvalue weighted by molar-refractivity contribution is 6.30. The van der Waals surface area contributed by atoms with Crippen molar-refractivity contribution in [1.29, 1.82) is 0 Å². The van der Waals surface area contributed by atoms with Crippen LogP contribution in [-0.2, 0) is 0 Å². The second-order valence-electron chi connectivity index (χ2n) is 4.25. The Bertz CT molecular complexity index is 791. The van der Waals surface area contributed by atoms with Gasteiger partial charge in [-0.05, 0) is 36.4 Å². The summed E-state index contributed by atoms with van der Waals surface area (Å²) in [7, 11) is 0. The summed E-state index contributed by atoms with van der Waals surface area (Å²) in [5.74, 6) is 0.0905. The van der Waals surface area contributed by atoms with Crippen molar-refractivity contribution in [2.75, 3.05) is 11.1 Å². The van der Waals surface area contributed by atoms with Gasteiger partial charge in [0.05, 0.1) is 11.2 Å². The fourth-order valence-electron chi connectivity index (χ4n) is 1.89. The molecule has 0 saturated carbocycles. The summed E-state index contributed by atoms with van der Waals surface area (Å²) in [5, 5.41) is 4.12. The topological polar surface area (TPSA) is 63.8 Å². The number of benzene rings is 2. The Morgan fingerprint density at radius 3 is 2.80 bits per heavy atom. The minimum absolute atomic E-state index is 0.259. The van der Waals surface area contributed by atoms with Crippen LogP contribution in [0.5, 0.6) is 0 Å². The summed E-state index contributed by atoms with van der Waals surface area (Å²) in [6.45, 7) is 0. The Morgan fingerprint density at radius 1 is 1.10 bits per heavy atom. The second kappa shape index (κ2) is 4.94. The normalized spacial score (nSPS) is 10.7. The lowest BCUT2D eigenvalue weighted by molar-refractivity contribution is 0.632. The number of hydrogen-bond donors (Lipinski definition) is 2. The molecule has 3 rings (SSSR count). The van der Waals surface area contributed by atoms with E-state index in [9.17, 15) is 4.39 Å². The monoisotopic (exact) mass is 288 g/mol. The number of fused-ring (bicyclic) bond motifs is 1. The molecule has 0 unspecified atom stereocenters. The van der Waals surface area contributed by atoms with Crippen molar-refractivity contribution in [2.24, 2.45) is 0 Å². The number of anilines is 3. The molecule has 0 saturated heterocycles. The predicted molar refractivity (Wildman–Crippen MR) is 78.6 cm³/mol. The maximum atomic E-state index is 13.7. The number of nitrogens with one attached hydrogen (secondary N) is 1. The molecular formula is C14H10ClFN4. The van der Waals surface area contributed by atoms with Crippen LogP contribution in [0.1, 0.15) is 0 Å². The van der Waals surface area contributed by atoms with Crippen LogP contribution in [0, 0.1) is 5.82 Å². The van der Waals surface area contributed by atoms with Gasteiger partial charge in [-0.3, -0.25) is 0 Å². The third-order valence-corrected chi connectivity index (χ3v) is 3.08. The van der Waals surface area contributed by atoms with E-state index in [0.29, 0.717) is 22.0 Å². The molecule has 20 heavy (non-hydrogen) atoms. The highest BCUT2D eigenvalue weighted by Gasteiger charge is 2.08. The van der Waals surface area contributed by atoms with Gasteiger partial charge in [-0.1, -0.05) is 11.6 Å². The van der Waals surface area contributed by atoms with Gasteiger partial charge >= 0.3 is 0 Å². The fourth-order valence-corrected chi connectivity index (χ4v) is 2.07. The molecule has 0 aliphatic rings. The third kappa shape index (κ3) is 2.35. The minimum atomic E-state index is -0.406. The van der Waals surface area contributed by atoms with Gasteiger partial charge in [0.1, 0.15) is 18.0 Å². The van der Waals surface area contributed by atoms with E-state index in [2.05, 4.69) is 15.3 Å². The molecule has 0 aliphatic carbocycles. The number of halogens is 2. The lowest BCUT2D eigenvalue weighted by Crippen LogP contribution is -1.98. The summed E-state index contributed by atoms with van der Waals surface area (Å²) in [4.78, 5) is 8.26. The molecule has 1 heterocycles. The van der Waals surface area contributed by atoms with Crippen molar-refractivity contribution in [3.63, 3.8) is 0 Å². The average Bonchev–Trinajstić information content (AvgIpc) is 2.43. The fraction of sp³-hybridized carbons (Fsp3) is 0. The number of rotatable bonds is 2. The van der Waals surface area contributed by atoms with Crippen molar-refractivity contribution >= 4 is 39.7 Å². The van der Waals surface area contributed by atoms with E-state index >= 15 is 0 Å². The van der Waals surface area contributed by atoms with E-state index in [4.69, 9.17) is 17.3 Å². The zero-order valence-corrected chi connectivity index (χ0v) is 11.0. The molecule has 6 heteroatoms. The molecule has 0 aliphatic heterocycles. The molecule has 3 aromatic rings. The van der Waals surface area contributed by atoms with E-state index in [1.54, 1.807) is 18.2 Å². The average molecular weight is 289 g/mol. The first-order chi connectivity index (χ1) is 9.63. The van der Waals surface area contributed by atoms with Crippen LogP contribution in [-0.4, -0.2) is 9.97 Å². The van der Waals surface area contributed by atoms with E-state index in [1.807, 2.05) is 0 Å². The largest absolute Gasteiger partial charge is 0.399 e. The first-order valence-corrected chi connectivity index (χ1v) is 6.23. The van der Waals surface area contributed by atoms with Gasteiger partial charge in [0.15, 0.2) is 0 Å². The maximum Gasteiger partial charge on any atom is 0.146 e. The summed E-state index contributed by atoms with van der Waals surface area (Å²) in [6.07, 6.45) is 1.40. The third-order valence-electron chi connectivity index (χ3n) is 2.84. The van der Waals surface area contributed by atoms with Gasteiger partial charge in [-0.25, -0.2) is 14.4 Å². The summed E-state index contributed by atoms with van der Waals surface area (Å²) < 4.78 is 13.7. The standard InChI is InChI=1S/C14H10ClFN4/c15-8-1-4-11(16)13(5-8)20-14-10-3-2-9(17)6-12(10)18-7-19-14/h1-7H,17H2,(H,18,19,20). The molecule has 0 amide bonds. The van der Waals surface area contributed by atoms with E-state index in [0.717, 1.165) is 5.39 Å². The zero-order valence-electron chi connectivity index (χ0n) is 10.3. The van der Waals surface area contributed by atoms with Gasteiger partial charge in [-0.2, -0.15) is 0 Å². The number of nitrogens with two attached hydrogens (primary N) is 1. The zero-order chi connectivity index (χ0) is 14.1. The Hall–Kier alpha value is -2.40. The number of nitrogen functional groups attached to an aromatic ring is 1. The van der Waals surface area contributed by atoms with Gasteiger partial charge in [0.25, 0.3) is 0 Å². The molecular weight excluding hydrogens is 279 g/mol. The highest BCUT2D eigenvalue weighted by atomic mass is 35.5. The Labute approximate surface area is 119 Å². The molecule has 0 fully saturated rings. The molecule has 0 radical (unpaired) electrons. The first-order valence-electron chi connectivity index (χ1n) is 5.86. The first kappa shape index (κ1) is 12.6. The molecule has 4 nitrogen and oxygen atoms in total. The van der Waals surface area contributed by atoms with E-state index in [-0.39, 0.29) is 5.69 Å². The Kier molecular flexibility index (Phi) is 3.12. The van der Waals surface area contributed by atoms with Crippen LogP contribution in [0.25, 0.3) is 10.9 Å². The number of aromatic nitrogens is 2. The Morgan fingerprint density at radius 2 is 1.95 bits per heavy atom. The lowest BCUT2D eigenvalue weighted by atomic mass is 10.2. The molecule has 0 bridgehead atoms. The molecule has 1 aromatic heterocycles. The van der Waals surface area contributed by atoms with Crippen molar-refractivity contribution < 1.29 is 4.39 Å². The highest BCUT2D eigenvalue weighted by Crippen LogP contribution is 2.27. The molecule has 2 aromatic carbocycles. The van der Waals surface area contributed by atoms with Crippen LogP contribution < -0.4 is 11.1 Å². The van der Waals surface area contributed by atoms with Crippen LogP contribution in [0.2, 0.25) is 5.02 Å². The summed E-state index contributed by atoms with van der Waals surface area (Å²) >= 11 is 5.87.